The summed E-state index contributed by atoms with van der Waals surface area (Å²) in [4.78, 5) is 9.23. The number of hydrogen-bond acceptors (Lipinski definition) is 7. The average molecular weight is 404 g/mol. The minimum absolute atomic E-state index is 0.114. The van der Waals surface area contributed by atoms with Crippen LogP contribution in [-0.2, 0) is 11.2 Å². The molecule has 1 aromatic carbocycles. The Labute approximate surface area is 166 Å². The van der Waals surface area contributed by atoms with Gasteiger partial charge in [-0.15, -0.1) is 0 Å². The predicted molar refractivity (Wildman–Crippen MR) is 110 cm³/mol. The van der Waals surface area contributed by atoms with E-state index in [1.54, 1.807) is 12.1 Å². The van der Waals surface area contributed by atoms with Crippen LogP contribution in [0.15, 0.2) is 23.4 Å². The van der Waals surface area contributed by atoms with Crippen molar-refractivity contribution in [2.24, 2.45) is 0 Å². The minimum atomic E-state index is -1.34. The van der Waals surface area contributed by atoms with Crippen molar-refractivity contribution in [1.29, 1.82) is 0 Å². The summed E-state index contributed by atoms with van der Waals surface area (Å²) in [5.41, 5.74) is 2.54. The van der Waals surface area contributed by atoms with Crippen molar-refractivity contribution in [2.75, 3.05) is 18.5 Å². The molecule has 0 fully saturated rings. The quantitative estimate of drug-likeness (QED) is 0.541. The van der Waals surface area contributed by atoms with Gasteiger partial charge in [-0.2, -0.15) is 5.10 Å². The Morgan fingerprint density at radius 2 is 2.00 bits per heavy atom. The number of aliphatic hydroxyl groups is 1. The van der Waals surface area contributed by atoms with Crippen molar-refractivity contribution in [3.63, 3.8) is 0 Å². The van der Waals surface area contributed by atoms with E-state index in [9.17, 15) is 4.55 Å². The monoisotopic (exact) mass is 403 g/mol. The number of benzene rings is 1. The molecule has 9 heteroatoms. The van der Waals surface area contributed by atoms with E-state index < -0.39 is 15.9 Å². The van der Waals surface area contributed by atoms with Crippen LogP contribution in [0.1, 0.15) is 32.0 Å². The lowest BCUT2D eigenvalue weighted by Gasteiger charge is -2.25. The Hall–Kier alpha value is -2.36. The smallest absolute Gasteiger partial charge is 0.195 e. The largest absolute Gasteiger partial charge is 0.611 e. The number of ether oxygens (including phenoxy) is 1. The first-order chi connectivity index (χ1) is 13.2. The first-order valence-electron chi connectivity index (χ1n) is 8.95. The molecule has 2 heterocycles. The zero-order chi connectivity index (χ0) is 20.5. The summed E-state index contributed by atoms with van der Waals surface area (Å²) in [6.45, 7) is 9.58. The third-order valence-corrected chi connectivity index (χ3v) is 6.13. The highest BCUT2D eigenvalue weighted by Gasteiger charge is 2.32. The standard InChI is InChI=1S/C19H25N5O3S/c1-11-12(2)23-24-17(11)22-18-13-8-16(28(26)19(3,4)5)15(27-7-6-25)9-14(13)20-10-21-18/h8-10,25H,6-7H2,1-5H3,(H2,20,21,22,23,24). The second kappa shape index (κ2) is 7.94. The van der Waals surface area contributed by atoms with Gasteiger partial charge in [0, 0.05) is 23.1 Å². The first-order valence-corrected chi connectivity index (χ1v) is 10.1. The van der Waals surface area contributed by atoms with Crippen LogP contribution in [0.25, 0.3) is 10.9 Å². The van der Waals surface area contributed by atoms with Gasteiger partial charge in [-0.25, -0.2) is 9.97 Å². The molecule has 0 aliphatic rings. The van der Waals surface area contributed by atoms with Crippen LogP contribution in [0.2, 0.25) is 0 Å². The number of anilines is 2. The Balaban J connectivity index is 2.13. The maximum atomic E-state index is 13.1. The van der Waals surface area contributed by atoms with E-state index >= 15 is 0 Å². The topological polar surface area (TPSA) is 119 Å². The molecule has 0 saturated carbocycles. The lowest BCUT2D eigenvalue weighted by molar-refractivity contribution is 0.198. The molecule has 0 aliphatic heterocycles. The van der Waals surface area contributed by atoms with E-state index in [1.807, 2.05) is 34.6 Å². The van der Waals surface area contributed by atoms with Crippen LogP contribution in [0.5, 0.6) is 5.75 Å². The fourth-order valence-electron chi connectivity index (χ4n) is 2.64. The summed E-state index contributed by atoms with van der Waals surface area (Å²) in [5, 5.41) is 20.2. The Kier molecular flexibility index (Phi) is 5.78. The summed E-state index contributed by atoms with van der Waals surface area (Å²) in [7, 11) is 0. The van der Waals surface area contributed by atoms with Crippen LogP contribution in [0.3, 0.4) is 0 Å². The van der Waals surface area contributed by atoms with Gasteiger partial charge in [-0.05, 0) is 45.8 Å². The molecule has 0 spiro atoms. The first kappa shape index (κ1) is 20.4. The number of aromatic nitrogens is 4. The highest BCUT2D eigenvalue weighted by atomic mass is 32.2. The zero-order valence-electron chi connectivity index (χ0n) is 16.7. The summed E-state index contributed by atoms with van der Waals surface area (Å²) in [6, 6.07) is 3.53. The van der Waals surface area contributed by atoms with E-state index in [4.69, 9.17) is 9.84 Å². The number of aromatic amines is 1. The van der Waals surface area contributed by atoms with Crippen LogP contribution in [-0.4, -0.2) is 47.8 Å². The molecule has 8 nitrogen and oxygen atoms in total. The summed E-state index contributed by atoms with van der Waals surface area (Å²) < 4.78 is 18.3. The molecule has 1 unspecified atom stereocenters. The second-order valence-electron chi connectivity index (χ2n) is 7.43. The van der Waals surface area contributed by atoms with Crippen molar-refractivity contribution in [1.82, 2.24) is 20.2 Å². The predicted octanol–water partition coefficient (Wildman–Crippen LogP) is 2.99. The van der Waals surface area contributed by atoms with Crippen LogP contribution < -0.4 is 10.1 Å². The van der Waals surface area contributed by atoms with E-state index in [1.165, 1.54) is 6.33 Å². The fourth-order valence-corrected chi connectivity index (χ4v) is 3.82. The second-order valence-corrected chi connectivity index (χ2v) is 9.63. The van der Waals surface area contributed by atoms with Gasteiger partial charge >= 0.3 is 0 Å². The number of aliphatic hydroxyl groups excluding tert-OH is 1. The number of nitrogens with one attached hydrogen (secondary N) is 2. The molecule has 0 aliphatic carbocycles. The number of H-pyrrole nitrogens is 1. The Bertz CT molecular complexity index is 984. The Morgan fingerprint density at radius 1 is 1.25 bits per heavy atom. The van der Waals surface area contributed by atoms with Gasteiger partial charge in [0.1, 0.15) is 29.3 Å². The van der Waals surface area contributed by atoms with Crippen molar-refractivity contribution < 1.29 is 14.4 Å². The van der Waals surface area contributed by atoms with Crippen molar-refractivity contribution in [2.45, 2.75) is 44.3 Å². The van der Waals surface area contributed by atoms with Crippen molar-refractivity contribution >= 4 is 33.7 Å². The average Bonchev–Trinajstić information content (AvgIpc) is 2.96. The lowest BCUT2D eigenvalue weighted by atomic mass is 10.2. The Morgan fingerprint density at radius 3 is 2.61 bits per heavy atom. The number of rotatable bonds is 6. The molecule has 0 saturated heterocycles. The number of nitrogens with zero attached hydrogens (tertiary/aromatic N) is 3. The van der Waals surface area contributed by atoms with E-state index in [0.717, 1.165) is 22.5 Å². The van der Waals surface area contributed by atoms with Crippen LogP contribution in [0.4, 0.5) is 11.6 Å². The molecule has 28 heavy (non-hydrogen) atoms. The molecule has 0 radical (unpaired) electrons. The maximum Gasteiger partial charge on any atom is 0.195 e. The van der Waals surface area contributed by atoms with Crippen molar-refractivity contribution in [3.8, 4) is 5.75 Å². The molecular weight excluding hydrogens is 378 g/mol. The summed E-state index contributed by atoms with van der Waals surface area (Å²) in [5.74, 6) is 1.78. The van der Waals surface area contributed by atoms with Gasteiger partial charge in [0.15, 0.2) is 10.6 Å². The third-order valence-electron chi connectivity index (χ3n) is 4.30. The van der Waals surface area contributed by atoms with Gasteiger partial charge in [-0.1, -0.05) is 0 Å². The number of fused-ring (bicyclic) bond motifs is 1. The molecule has 3 rings (SSSR count). The minimum Gasteiger partial charge on any atom is -0.611 e. The SMILES string of the molecule is Cc1n[nH]c(Nc2ncnc3cc(OCCO)c([S+]([O-])C(C)(C)C)cc23)c1C. The highest BCUT2D eigenvalue weighted by Crippen LogP contribution is 2.37. The molecule has 0 bridgehead atoms. The number of hydrogen-bond donors (Lipinski definition) is 3. The molecule has 0 amide bonds. The van der Waals surface area contributed by atoms with Gasteiger partial charge < -0.3 is 19.7 Å². The summed E-state index contributed by atoms with van der Waals surface area (Å²) in [6.07, 6.45) is 1.46. The molecule has 2 aromatic heterocycles. The molecule has 1 atom stereocenters. The van der Waals surface area contributed by atoms with E-state index in [0.29, 0.717) is 22.0 Å². The van der Waals surface area contributed by atoms with Crippen LogP contribution in [0, 0.1) is 13.8 Å². The molecule has 3 aromatic rings. The van der Waals surface area contributed by atoms with Crippen molar-refractivity contribution in [3.05, 3.63) is 29.7 Å². The van der Waals surface area contributed by atoms with Gasteiger partial charge in [-0.3, -0.25) is 5.10 Å². The van der Waals surface area contributed by atoms with Crippen LogP contribution >= 0.6 is 0 Å². The number of aryl methyl sites for hydroxylation is 1. The lowest BCUT2D eigenvalue weighted by Crippen LogP contribution is -2.28. The third kappa shape index (κ3) is 4.06. The van der Waals surface area contributed by atoms with E-state index in [2.05, 4.69) is 25.5 Å². The van der Waals surface area contributed by atoms with Gasteiger partial charge in [0.05, 0.1) is 17.8 Å². The normalized spacial score (nSPS) is 13.0. The summed E-state index contributed by atoms with van der Waals surface area (Å²) >= 11 is -1.34. The maximum absolute atomic E-state index is 13.1. The van der Waals surface area contributed by atoms with E-state index in [-0.39, 0.29) is 13.2 Å². The highest BCUT2D eigenvalue weighted by molar-refractivity contribution is 7.92. The fraction of sp³-hybridized carbons (Fsp3) is 0.421. The molecular formula is C19H25N5O3S. The molecule has 150 valence electrons. The zero-order valence-corrected chi connectivity index (χ0v) is 17.5. The van der Waals surface area contributed by atoms with Gasteiger partial charge in [0.2, 0.25) is 0 Å². The van der Waals surface area contributed by atoms with Gasteiger partial charge in [0.25, 0.3) is 0 Å². The molecule has 3 N–H and O–H groups in total.